The van der Waals surface area contributed by atoms with Crippen molar-refractivity contribution in [2.75, 3.05) is 45.9 Å². The molecule has 0 bridgehead atoms. The fourth-order valence-electron chi connectivity index (χ4n) is 3.47. The molecule has 2 aliphatic rings. The Bertz CT molecular complexity index is 451. The van der Waals surface area contributed by atoms with Gasteiger partial charge in [-0.05, 0) is 19.4 Å². The van der Waals surface area contributed by atoms with Crippen LogP contribution in [0, 0.1) is 0 Å². The molecule has 2 fully saturated rings. The second-order valence-corrected chi connectivity index (χ2v) is 6.00. The van der Waals surface area contributed by atoms with Gasteiger partial charge in [0.05, 0.1) is 6.61 Å². The summed E-state index contributed by atoms with van der Waals surface area (Å²) in [5, 5.41) is 3.44. The third-order valence-electron chi connectivity index (χ3n) is 4.58. The fraction of sp³-hybridized carbons (Fsp3) is 0.647. The minimum absolute atomic E-state index is 0. The lowest BCUT2D eigenvalue weighted by atomic mass is 10.2. The monoisotopic (exact) mass is 325 g/mol. The summed E-state index contributed by atoms with van der Waals surface area (Å²) in [6.07, 6.45) is 1.30. The second-order valence-electron chi connectivity index (χ2n) is 6.00. The lowest BCUT2D eigenvalue weighted by molar-refractivity contribution is 0.170. The first-order valence-electron chi connectivity index (χ1n) is 8.24. The molecule has 1 aromatic rings. The Morgan fingerprint density at radius 1 is 1.18 bits per heavy atom. The van der Waals surface area contributed by atoms with E-state index in [1.807, 2.05) is 6.92 Å². The molecule has 1 atom stereocenters. The van der Waals surface area contributed by atoms with Crippen molar-refractivity contribution in [1.82, 2.24) is 15.1 Å². The first kappa shape index (κ1) is 17.5. The van der Waals surface area contributed by atoms with E-state index in [-0.39, 0.29) is 12.4 Å². The van der Waals surface area contributed by atoms with Gasteiger partial charge >= 0.3 is 0 Å². The van der Waals surface area contributed by atoms with Gasteiger partial charge in [0.1, 0.15) is 5.75 Å². The molecule has 124 valence electrons. The number of hydrogen-bond acceptors (Lipinski definition) is 4. The summed E-state index contributed by atoms with van der Waals surface area (Å²) in [7, 11) is 0. The number of hydrogen-bond donors (Lipinski definition) is 1. The number of piperazine rings is 1. The Morgan fingerprint density at radius 2 is 1.95 bits per heavy atom. The lowest BCUT2D eigenvalue weighted by Gasteiger charge is -2.32. The third-order valence-corrected chi connectivity index (χ3v) is 4.58. The van der Waals surface area contributed by atoms with Gasteiger partial charge in [0.15, 0.2) is 0 Å². The van der Waals surface area contributed by atoms with Crippen LogP contribution in [0.15, 0.2) is 24.3 Å². The Morgan fingerprint density at radius 3 is 2.73 bits per heavy atom. The van der Waals surface area contributed by atoms with Gasteiger partial charge in [-0.3, -0.25) is 9.80 Å². The van der Waals surface area contributed by atoms with Crippen molar-refractivity contribution < 1.29 is 4.74 Å². The highest BCUT2D eigenvalue weighted by Crippen LogP contribution is 2.23. The van der Waals surface area contributed by atoms with Gasteiger partial charge in [0.25, 0.3) is 0 Å². The van der Waals surface area contributed by atoms with Crippen molar-refractivity contribution >= 4 is 12.4 Å². The predicted octanol–water partition coefficient (Wildman–Crippen LogP) is 1.99. The summed E-state index contributed by atoms with van der Waals surface area (Å²) in [6.45, 7) is 10.9. The second kappa shape index (κ2) is 8.73. The molecule has 3 rings (SSSR count). The number of benzene rings is 1. The molecule has 0 radical (unpaired) electrons. The molecule has 1 aromatic carbocycles. The Balaban J connectivity index is 0.00000176. The highest BCUT2D eigenvalue weighted by molar-refractivity contribution is 5.85. The largest absolute Gasteiger partial charge is 0.494 e. The van der Waals surface area contributed by atoms with E-state index in [1.165, 1.54) is 38.2 Å². The molecule has 22 heavy (non-hydrogen) atoms. The average Bonchev–Trinajstić information content (AvgIpc) is 2.99. The van der Waals surface area contributed by atoms with E-state index >= 15 is 0 Å². The fourth-order valence-corrected chi connectivity index (χ4v) is 3.47. The van der Waals surface area contributed by atoms with E-state index in [2.05, 4.69) is 39.4 Å². The van der Waals surface area contributed by atoms with Crippen molar-refractivity contribution in [3.05, 3.63) is 29.8 Å². The van der Waals surface area contributed by atoms with Crippen LogP contribution in [-0.4, -0.2) is 61.7 Å². The molecule has 1 N–H and O–H groups in total. The van der Waals surface area contributed by atoms with Gasteiger partial charge in [-0.2, -0.15) is 0 Å². The van der Waals surface area contributed by atoms with Crippen molar-refractivity contribution in [2.45, 2.75) is 25.9 Å². The summed E-state index contributed by atoms with van der Waals surface area (Å²) in [4.78, 5) is 5.23. The maximum atomic E-state index is 5.75. The van der Waals surface area contributed by atoms with Gasteiger partial charge in [-0.25, -0.2) is 0 Å². The number of likely N-dealkylation sites (tertiary alicyclic amines) is 1. The Hall–Kier alpha value is -0.810. The topological polar surface area (TPSA) is 27.7 Å². The minimum Gasteiger partial charge on any atom is -0.494 e. The molecule has 2 aliphatic heterocycles. The van der Waals surface area contributed by atoms with Crippen molar-refractivity contribution in [1.29, 1.82) is 0 Å². The van der Waals surface area contributed by atoms with E-state index in [9.17, 15) is 0 Å². The van der Waals surface area contributed by atoms with Crippen molar-refractivity contribution in [3.63, 3.8) is 0 Å². The van der Waals surface area contributed by atoms with Gasteiger partial charge in [-0.15, -0.1) is 12.4 Å². The number of halogens is 1. The van der Waals surface area contributed by atoms with Crippen LogP contribution in [0.4, 0.5) is 0 Å². The van der Waals surface area contributed by atoms with Crippen molar-refractivity contribution in [3.8, 4) is 5.75 Å². The smallest absolute Gasteiger partial charge is 0.123 e. The van der Waals surface area contributed by atoms with E-state index in [0.29, 0.717) is 0 Å². The normalized spacial score (nSPS) is 23.2. The number of rotatable bonds is 5. The minimum atomic E-state index is 0. The maximum Gasteiger partial charge on any atom is 0.123 e. The molecular weight excluding hydrogens is 298 g/mol. The highest BCUT2D eigenvalue weighted by Gasteiger charge is 2.28. The van der Waals surface area contributed by atoms with Crippen molar-refractivity contribution in [2.24, 2.45) is 0 Å². The van der Waals surface area contributed by atoms with Crippen LogP contribution < -0.4 is 10.1 Å². The lowest BCUT2D eigenvalue weighted by Crippen LogP contribution is -2.49. The van der Waals surface area contributed by atoms with Gasteiger partial charge in [0, 0.05) is 57.4 Å². The first-order chi connectivity index (χ1) is 10.4. The quantitative estimate of drug-likeness (QED) is 0.896. The Kier molecular flexibility index (Phi) is 6.96. The zero-order chi connectivity index (χ0) is 14.5. The highest BCUT2D eigenvalue weighted by atomic mass is 35.5. The molecular formula is C17H28ClN3O. The summed E-state index contributed by atoms with van der Waals surface area (Å²) in [5.74, 6) is 1.05. The third kappa shape index (κ3) is 4.35. The standard InChI is InChI=1S/C17H27N3O.ClH/c1-2-21-17-6-4-3-5-15(17)13-19-10-7-16(14-19)20-11-8-18-9-12-20;/h3-6,16,18H,2,7-14H2,1H3;1H. The van der Waals surface area contributed by atoms with Crippen LogP contribution in [0.3, 0.4) is 0 Å². The van der Waals surface area contributed by atoms with Crippen LogP contribution in [0.2, 0.25) is 0 Å². The van der Waals surface area contributed by atoms with Gasteiger partial charge < -0.3 is 10.1 Å². The molecule has 0 aromatic heterocycles. The summed E-state index contributed by atoms with van der Waals surface area (Å²) in [6, 6.07) is 9.20. The molecule has 0 amide bonds. The zero-order valence-electron chi connectivity index (χ0n) is 13.5. The van der Waals surface area contributed by atoms with E-state index in [1.54, 1.807) is 0 Å². The molecule has 5 heteroatoms. The molecule has 0 spiro atoms. The Labute approximate surface area is 140 Å². The molecule has 2 saturated heterocycles. The van der Waals surface area contributed by atoms with Crippen LogP contribution >= 0.6 is 12.4 Å². The van der Waals surface area contributed by atoms with E-state index in [0.717, 1.165) is 38.0 Å². The van der Waals surface area contributed by atoms with Crippen LogP contribution in [-0.2, 0) is 6.54 Å². The zero-order valence-corrected chi connectivity index (χ0v) is 14.3. The SMILES string of the molecule is CCOc1ccccc1CN1CCC(N2CCNCC2)C1.Cl. The summed E-state index contributed by atoms with van der Waals surface area (Å²) in [5.41, 5.74) is 1.32. The first-order valence-corrected chi connectivity index (χ1v) is 8.24. The molecule has 2 heterocycles. The van der Waals surface area contributed by atoms with Crippen LogP contribution in [0.5, 0.6) is 5.75 Å². The molecule has 4 nitrogen and oxygen atoms in total. The van der Waals surface area contributed by atoms with Gasteiger partial charge in [-0.1, -0.05) is 18.2 Å². The van der Waals surface area contributed by atoms with E-state index in [4.69, 9.17) is 4.74 Å². The molecule has 0 aliphatic carbocycles. The molecule has 1 unspecified atom stereocenters. The van der Waals surface area contributed by atoms with Crippen LogP contribution in [0.25, 0.3) is 0 Å². The summed E-state index contributed by atoms with van der Waals surface area (Å²) >= 11 is 0. The summed E-state index contributed by atoms with van der Waals surface area (Å²) < 4.78 is 5.75. The number of ether oxygens (including phenoxy) is 1. The number of nitrogens with one attached hydrogen (secondary N) is 1. The number of para-hydroxylation sites is 1. The average molecular weight is 326 g/mol. The van der Waals surface area contributed by atoms with E-state index < -0.39 is 0 Å². The maximum absolute atomic E-state index is 5.75. The van der Waals surface area contributed by atoms with Crippen LogP contribution in [0.1, 0.15) is 18.9 Å². The van der Waals surface area contributed by atoms with Gasteiger partial charge in [0.2, 0.25) is 0 Å². The number of nitrogens with zero attached hydrogens (tertiary/aromatic N) is 2. The molecule has 0 saturated carbocycles. The predicted molar refractivity (Wildman–Crippen MR) is 93.0 cm³/mol.